The van der Waals surface area contributed by atoms with Gasteiger partial charge in [0.05, 0.1) is 6.61 Å². The minimum absolute atomic E-state index is 0.0655. The Morgan fingerprint density at radius 3 is 2.72 bits per heavy atom. The molecular formula is C13H21NO3S. The third-order valence-corrected chi connectivity index (χ3v) is 3.14. The summed E-state index contributed by atoms with van der Waals surface area (Å²) in [5.74, 6) is 0.102. The molecule has 102 valence electrons. The first-order valence-corrected chi connectivity index (χ1v) is 6.78. The van der Waals surface area contributed by atoms with Gasteiger partial charge in [-0.05, 0) is 18.8 Å². The third-order valence-electron chi connectivity index (χ3n) is 2.77. The second kappa shape index (κ2) is 6.27. The molecule has 0 bridgehead atoms. The maximum atomic E-state index is 11.6. The molecule has 0 heterocycles. The molecule has 0 fully saturated rings. The molecule has 0 amide bonds. The molecule has 1 aliphatic carbocycles. The highest BCUT2D eigenvalue weighted by Gasteiger charge is 2.29. The number of thiol groups is 1. The van der Waals surface area contributed by atoms with Gasteiger partial charge < -0.3 is 10.1 Å². The van der Waals surface area contributed by atoms with Gasteiger partial charge in [-0.1, -0.05) is 13.8 Å². The van der Waals surface area contributed by atoms with Crippen LogP contribution in [0.5, 0.6) is 0 Å². The topological polar surface area (TPSA) is 55.4 Å². The van der Waals surface area contributed by atoms with Crippen LogP contribution < -0.4 is 5.32 Å². The van der Waals surface area contributed by atoms with E-state index in [4.69, 9.17) is 4.74 Å². The molecule has 0 aromatic rings. The van der Waals surface area contributed by atoms with Crippen LogP contribution in [-0.4, -0.2) is 30.2 Å². The van der Waals surface area contributed by atoms with Gasteiger partial charge in [0.1, 0.15) is 6.04 Å². The summed E-state index contributed by atoms with van der Waals surface area (Å²) in [7, 11) is 0. The number of hydrogen-bond acceptors (Lipinski definition) is 5. The number of esters is 1. The quantitative estimate of drug-likeness (QED) is 0.590. The number of rotatable bonds is 5. The number of ketones is 1. The summed E-state index contributed by atoms with van der Waals surface area (Å²) in [5.41, 5.74) is 0.729. The van der Waals surface area contributed by atoms with Gasteiger partial charge in [-0.25, -0.2) is 4.79 Å². The zero-order chi connectivity index (χ0) is 13.8. The lowest BCUT2D eigenvalue weighted by atomic mass is 9.79. The van der Waals surface area contributed by atoms with Crippen LogP contribution in [0.15, 0.2) is 11.8 Å². The smallest absolute Gasteiger partial charge is 0.329 e. The molecule has 0 saturated carbocycles. The highest BCUT2D eigenvalue weighted by molar-refractivity contribution is 7.80. The lowest BCUT2D eigenvalue weighted by molar-refractivity contribution is -0.144. The van der Waals surface area contributed by atoms with Crippen LogP contribution in [0.4, 0.5) is 0 Å². The van der Waals surface area contributed by atoms with Crippen LogP contribution in [0.3, 0.4) is 0 Å². The van der Waals surface area contributed by atoms with Crippen LogP contribution >= 0.6 is 12.6 Å². The lowest BCUT2D eigenvalue weighted by Crippen LogP contribution is -2.41. The van der Waals surface area contributed by atoms with E-state index in [1.165, 1.54) is 0 Å². The summed E-state index contributed by atoms with van der Waals surface area (Å²) in [5, 5.41) is 3.07. The highest BCUT2D eigenvalue weighted by atomic mass is 32.1. The van der Waals surface area contributed by atoms with E-state index in [0.717, 1.165) is 12.1 Å². The van der Waals surface area contributed by atoms with Gasteiger partial charge >= 0.3 is 5.97 Å². The second-order valence-electron chi connectivity index (χ2n) is 5.29. The van der Waals surface area contributed by atoms with E-state index >= 15 is 0 Å². The van der Waals surface area contributed by atoms with Gasteiger partial charge in [0.25, 0.3) is 0 Å². The van der Waals surface area contributed by atoms with Gasteiger partial charge in [0.2, 0.25) is 0 Å². The maximum absolute atomic E-state index is 11.6. The average molecular weight is 271 g/mol. The first kappa shape index (κ1) is 15.1. The van der Waals surface area contributed by atoms with Gasteiger partial charge in [-0.2, -0.15) is 12.6 Å². The molecule has 1 aliphatic rings. The van der Waals surface area contributed by atoms with Crippen molar-refractivity contribution in [2.75, 3.05) is 12.4 Å². The van der Waals surface area contributed by atoms with Crippen molar-refractivity contribution in [3.8, 4) is 0 Å². The van der Waals surface area contributed by atoms with Gasteiger partial charge in [-0.3, -0.25) is 4.79 Å². The monoisotopic (exact) mass is 271 g/mol. The van der Waals surface area contributed by atoms with Crippen molar-refractivity contribution in [1.29, 1.82) is 0 Å². The Kier molecular flexibility index (Phi) is 5.26. The van der Waals surface area contributed by atoms with Crippen molar-refractivity contribution in [2.45, 2.75) is 39.7 Å². The van der Waals surface area contributed by atoms with E-state index in [-0.39, 0.29) is 17.2 Å². The molecular weight excluding hydrogens is 250 g/mol. The van der Waals surface area contributed by atoms with Crippen molar-refractivity contribution in [3.05, 3.63) is 11.8 Å². The summed E-state index contributed by atoms with van der Waals surface area (Å²) < 4.78 is 4.95. The Labute approximate surface area is 114 Å². The molecule has 0 aliphatic heterocycles. The van der Waals surface area contributed by atoms with Crippen molar-refractivity contribution >= 4 is 24.4 Å². The summed E-state index contributed by atoms with van der Waals surface area (Å²) in [6, 6.07) is -0.499. The van der Waals surface area contributed by atoms with E-state index in [1.807, 2.05) is 13.8 Å². The number of carbonyl (C=O) groups is 2. The molecule has 1 unspecified atom stereocenters. The fourth-order valence-corrected chi connectivity index (χ4v) is 2.32. The maximum Gasteiger partial charge on any atom is 0.329 e. The summed E-state index contributed by atoms with van der Waals surface area (Å²) >= 11 is 4.14. The molecule has 1 rings (SSSR count). The summed E-state index contributed by atoms with van der Waals surface area (Å²) in [4.78, 5) is 23.2. The molecule has 0 aromatic heterocycles. The fourth-order valence-electron chi connectivity index (χ4n) is 2.08. The molecule has 0 radical (unpaired) electrons. The Morgan fingerprint density at radius 2 is 2.22 bits per heavy atom. The molecule has 5 heteroatoms. The zero-order valence-electron chi connectivity index (χ0n) is 11.2. The minimum Gasteiger partial charge on any atom is -0.464 e. The SMILES string of the molecule is CCOC(=O)C(CS)NC1=CC(=O)CC(C)(C)C1. The summed E-state index contributed by atoms with van der Waals surface area (Å²) in [6.07, 6.45) is 2.88. The van der Waals surface area contributed by atoms with E-state index in [9.17, 15) is 9.59 Å². The van der Waals surface area contributed by atoms with Crippen LogP contribution in [-0.2, 0) is 14.3 Å². The van der Waals surface area contributed by atoms with Crippen molar-refractivity contribution in [1.82, 2.24) is 5.32 Å². The fraction of sp³-hybridized carbons (Fsp3) is 0.692. The van der Waals surface area contributed by atoms with Crippen LogP contribution in [0.1, 0.15) is 33.6 Å². The van der Waals surface area contributed by atoms with E-state index < -0.39 is 6.04 Å². The predicted octanol–water partition coefficient (Wildman–Crippen LogP) is 1.71. The standard InChI is InChI=1S/C13H21NO3S/c1-4-17-12(16)11(8-18)14-9-5-10(15)7-13(2,3)6-9/h5,11,14,18H,4,6-8H2,1-3H3. The largest absolute Gasteiger partial charge is 0.464 e. The lowest BCUT2D eigenvalue weighted by Gasteiger charge is -2.30. The Morgan fingerprint density at radius 1 is 1.56 bits per heavy atom. The van der Waals surface area contributed by atoms with Crippen molar-refractivity contribution in [3.63, 3.8) is 0 Å². The van der Waals surface area contributed by atoms with E-state index in [2.05, 4.69) is 17.9 Å². The van der Waals surface area contributed by atoms with Crippen molar-refractivity contribution < 1.29 is 14.3 Å². The zero-order valence-corrected chi connectivity index (χ0v) is 12.0. The summed E-state index contributed by atoms with van der Waals surface area (Å²) in [6.45, 7) is 6.19. The molecule has 4 nitrogen and oxygen atoms in total. The Bertz CT molecular complexity index is 363. The number of allylic oxidation sites excluding steroid dienone is 2. The predicted molar refractivity (Wildman–Crippen MR) is 73.5 cm³/mol. The number of ether oxygens (including phenoxy) is 1. The van der Waals surface area contributed by atoms with E-state index in [0.29, 0.717) is 18.8 Å². The second-order valence-corrected chi connectivity index (χ2v) is 5.65. The average Bonchev–Trinajstić information content (AvgIpc) is 2.23. The number of nitrogens with one attached hydrogen (secondary N) is 1. The van der Waals surface area contributed by atoms with Gasteiger partial charge in [0, 0.05) is 23.9 Å². The first-order chi connectivity index (χ1) is 8.38. The van der Waals surface area contributed by atoms with Gasteiger partial charge in [-0.15, -0.1) is 0 Å². The molecule has 0 spiro atoms. The minimum atomic E-state index is -0.499. The van der Waals surface area contributed by atoms with Crippen LogP contribution in [0.25, 0.3) is 0 Å². The van der Waals surface area contributed by atoms with Crippen molar-refractivity contribution in [2.24, 2.45) is 5.41 Å². The molecule has 18 heavy (non-hydrogen) atoms. The third kappa shape index (κ3) is 4.37. The number of carbonyl (C=O) groups excluding carboxylic acids is 2. The first-order valence-electron chi connectivity index (χ1n) is 6.15. The number of hydrogen-bond donors (Lipinski definition) is 2. The molecule has 0 aromatic carbocycles. The normalized spacial score (nSPS) is 20.0. The molecule has 0 saturated heterocycles. The molecule has 1 atom stereocenters. The van der Waals surface area contributed by atoms with Crippen LogP contribution in [0.2, 0.25) is 0 Å². The molecule has 1 N–H and O–H groups in total. The van der Waals surface area contributed by atoms with E-state index in [1.54, 1.807) is 13.0 Å². The van der Waals surface area contributed by atoms with Crippen LogP contribution in [0, 0.1) is 5.41 Å². The Hall–Kier alpha value is -0.970. The highest BCUT2D eigenvalue weighted by Crippen LogP contribution is 2.32. The van der Waals surface area contributed by atoms with Gasteiger partial charge in [0.15, 0.2) is 5.78 Å². The Balaban J connectivity index is 2.70.